The lowest BCUT2D eigenvalue weighted by molar-refractivity contribution is 0.0984. The van der Waals surface area contributed by atoms with Crippen LogP contribution in [0.4, 0.5) is 13.9 Å². The number of benzene rings is 2. The molecule has 1 amide bonds. The van der Waals surface area contributed by atoms with Crippen LogP contribution in [0.3, 0.4) is 0 Å². The lowest BCUT2D eigenvalue weighted by Crippen LogP contribution is -2.36. The molecule has 0 aliphatic rings. The summed E-state index contributed by atoms with van der Waals surface area (Å²) in [5, 5.41) is 0.264. The fourth-order valence-corrected chi connectivity index (χ4v) is 4.03. The molecule has 0 N–H and O–H groups in total. The van der Waals surface area contributed by atoms with Crippen LogP contribution in [-0.2, 0) is 0 Å². The second-order valence-electron chi connectivity index (χ2n) is 6.90. The van der Waals surface area contributed by atoms with Crippen LogP contribution in [0.25, 0.3) is 10.2 Å². The van der Waals surface area contributed by atoms with E-state index >= 15 is 0 Å². The van der Waals surface area contributed by atoms with Gasteiger partial charge < -0.3 is 19.1 Å². The number of hydrogen-bond acceptors (Lipinski definition) is 7. The molecule has 0 atom stereocenters. The summed E-state index contributed by atoms with van der Waals surface area (Å²) in [6.07, 6.45) is 0. The molecule has 0 saturated heterocycles. The Bertz CT molecular complexity index is 1090. The van der Waals surface area contributed by atoms with Crippen molar-refractivity contribution in [1.29, 1.82) is 0 Å². The molecule has 0 radical (unpaired) electrons. The Kier molecular flexibility index (Phi) is 8.59. The number of rotatable bonds is 8. The standard InChI is InChI=1S/C21H23F2N3O4S.ClH/c1-25(2)6-7-26(21-24-18-14(23)10-13(22)11-17(18)31-21)20(27)12-8-15(28-3)19(30-5)16(9-12)29-4;/h8-11H,6-7H2,1-5H3;1H. The molecule has 174 valence electrons. The van der Waals surface area contributed by atoms with E-state index < -0.39 is 11.6 Å². The van der Waals surface area contributed by atoms with Gasteiger partial charge in [0.05, 0.1) is 26.0 Å². The third-order valence-electron chi connectivity index (χ3n) is 4.56. The molecule has 2 aromatic carbocycles. The first-order chi connectivity index (χ1) is 14.8. The van der Waals surface area contributed by atoms with E-state index in [4.69, 9.17) is 14.2 Å². The number of thiazole rings is 1. The number of likely N-dealkylation sites (N-methyl/N-ethyl adjacent to an activating group) is 1. The van der Waals surface area contributed by atoms with Crippen LogP contribution >= 0.6 is 23.7 Å². The van der Waals surface area contributed by atoms with Gasteiger partial charge in [-0.1, -0.05) is 11.3 Å². The Labute approximate surface area is 194 Å². The fraction of sp³-hybridized carbons (Fsp3) is 0.333. The molecule has 0 fully saturated rings. The molecule has 3 aromatic rings. The Morgan fingerprint density at radius 3 is 2.16 bits per heavy atom. The topological polar surface area (TPSA) is 64.1 Å². The quantitative estimate of drug-likeness (QED) is 0.474. The highest BCUT2D eigenvalue weighted by molar-refractivity contribution is 7.22. The lowest BCUT2D eigenvalue weighted by atomic mass is 10.1. The maximum Gasteiger partial charge on any atom is 0.260 e. The van der Waals surface area contributed by atoms with Gasteiger partial charge in [-0.2, -0.15) is 0 Å². The molecular formula is C21H24ClF2N3O4S. The molecule has 1 heterocycles. The van der Waals surface area contributed by atoms with Gasteiger partial charge in [-0.3, -0.25) is 9.69 Å². The first kappa shape index (κ1) is 25.6. The van der Waals surface area contributed by atoms with E-state index in [0.717, 1.165) is 17.4 Å². The number of amides is 1. The van der Waals surface area contributed by atoms with Crippen LogP contribution in [0.15, 0.2) is 24.3 Å². The Balaban J connectivity index is 0.00000363. The number of carbonyl (C=O) groups is 1. The van der Waals surface area contributed by atoms with E-state index in [1.54, 1.807) is 12.1 Å². The number of halogens is 3. The number of fused-ring (bicyclic) bond motifs is 1. The zero-order valence-corrected chi connectivity index (χ0v) is 19.9. The van der Waals surface area contributed by atoms with Gasteiger partial charge in [0.15, 0.2) is 22.4 Å². The van der Waals surface area contributed by atoms with Crippen LogP contribution < -0.4 is 19.1 Å². The van der Waals surface area contributed by atoms with Gasteiger partial charge in [0, 0.05) is 24.7 Å². The summed E-state index contributed by atoms with van der Waals surface area (Å²) in [5.74, 6) is -0.841. The minimum absolute atomic E-state index is 0. The van der Waals surface area contributed by atoms with Crippen molar-refractivity contribution in [3.05, 3.63) is 41.5 Å². The second kappa shape index (κ2) is 10.8. The molecule has 1 aromatic heterocycles. The van der Waals surface area contributed by atoms with Crippen LogP contribution in [0.1, 0.15) is 10.4 Å². The zero-order chi connectivity index (χ0) is 22.7. The first-order valence-electron chi connectivity index (χ1n) is 9.31. The number of ether oxygens (including phenoxy) is 3. The Hall–Kier alpha value is -2.69. The summed E-state index contributed by atoms with van der Waals surface area (Å²) in [6, 6.07) is 5.06. The predicted octanol–water partition coefficient (Wildman–Crippen LogP) is 4.23. The van der Waals surface area contributed by atoms with Crippen molar-refractivity contribution in [2.45, 2.75) is 0 Å². The van der Waals surface area contributed by atoms with Gasteiger partial charge in [0.2, 0.25) is 5.75 Å². The van der Waals surface area contributed by atoms with Crippen molar-refractivity contribution in [2.75, 3.05) is 53.4 Å². The summed E-state index contributed by atoms with van der Waals surface area (Å²) < 4.78 is 44.1. The first-order valence-corrected chi connectivity index (χ1v) is 10.1. The van der Waals surface area contributed by atoms with Gasteiger partial charge >= 0.3 is 0 Å². The average Bonchev–Trinajstić information content (AvgIpc) is 3.16. The van der Waals surface area contributed by atoms with Crippen molar-refractivity contribution in [2.24, 2.45) is 0 Å². The number of nitrogens with zero attached hydrogens (tertiary/aromatic N) is 3. The highest BCUT2D eigenvalue weighted by Crippen LogP contribution is 2.39. The maximum absolute atomic E-state index is 14.2. The molecular weight excluding hydrogens is 464 g/mol. The van der Waals surface area contributed by atoms with Crippen molar-refractivity contribution < 1.29 is 27.8 Å². The third-order valence-corrected chi connectivity index (χ3v) is 5.59. The van der Waals surface area contributed by atoms with Gasteiger partial charge in [0.25, 0.3) is 5.91 Å². The minimum Gasteiger partial charge on any atom is -0.493 e. The fourth-order valence-electron chi connectivity index (χ4n) is 3.01. The average molecular weight is 488 g/mol. The van der Waals surface area contributed by atoms with Gasteiger partial charge in [0.1, 0.15) is 11.3 Å². The van der Waals surface area contributed by atoms with Gasteiger partial charge in [-0.05, 0) is 32.3 Å². The van der Waals surface area contributed by atoms with Crippen molar-refractivity contribution in [3.8, 4) is 17.2 Å². The minimum atomic E-state index is -0.773. The molecule has 3 rings (SSSR count). The summed E-state index contributed by atoms with van der Waals surface area (Å²) in [4.78, 5) is 21.1. The lowest BCUT2D eigenvalue weighted by Gasteiger charge is -2.23. The Morgan fingerprint density at radius 1 is 1.00 bits per heavy atom. The van der Waals surface area contributed by atoms with Crippen molar-refractivity contribution in [3.63, 3.8) is 0 Å². The number of carbonyl (C=O) groups excluding carboxylic acids is 1. The number of aromatic nitrogens is 1. The summed E-state index contributed by atoms with van der Waals surface area (Å²) in [6.45, 7) is 0.815. The SMILES string of the molecule is COc1cc(C(=O)N(CCN(C)C)c2nc3c(F)cc(F)cc3s2)cc(OC)c1OC.Cl. The van der Waals surface area contributed by atoms with Crippen molar-refractivity contribution >= 4 is 45.0 Å². The normalized spacial score (nSPS) is 10.8. The highest BCUT2D eigenvalue weighted by Gasteiger charge is 2.25. The highest BCUT2D eigenvalue weighted by atomic mass is 35.5. The molecule has 11 heteroatoms. The van der Waals surface area contributed by atoms with E-state index in [1.807, 2.05) is 19.0 Å². The molecule has 0 aliphatic carbocycles. The summed E-state index contributed by atoms with van der Waals surface area (Å²) in [7, 11) is 8.13. The Morgan fingerprint density at radius 2 is 1.62 bits per heavy atom. The monoisotopic (exact) mass is 487 g/mol. The van der Waals surface area contributed by atoms with Crippen LogP contribution in [0, 0.1) is 11.6 Å². The van der Waals surface area contributed by atoms with Crippen molar-refractivity contribution in [1.82, 2.24) is 9.88 Å². The number of anilines is 1. The van der Waals surface area contributed by atoms with E-state index in [9.17, 15) is 13.6 Å². The molecule has 32 heavy (non-hydrogen) atoms. The van der Waals surface area contributed by atoms with Crippen LogP contribution in [0.2, 0.25) is 0 Å². The zero-order valence-electron chi connectivity index (χ0n) is 18.3. The molecule has 0 bridgehead atoms. The third kappa shape index (κ3) is 5.20. The van der Waals surface area contributed by atoms with E-state index in [0.29, 0.717) is 28.5 Å². The molecule has 0 aliphatic heterocycles. The van der Waals surface area contributed by atoms with Gasteiger partial charge in [-0.25, -0.2) is 13.8 Å². The molecule has 0 unspecified atom stereocenters. The molecule has 0 saturated carbocycles. The smallest absolute Gasteiger partial charge is 0.260 e. The van der Waals surface area contributed by atoms with Gasteiger partial charge in [-0.15, -0.1) is 12.4 Å². The van der Waals surface area contributed by atoms with Crippen LogP contribution in [0.5, 0.6) is 17.2 Å². The number of methoxy groups -OCH3 is 3. The van der Waals surface area contributed by atoms with E-state index in [-0.39, 0.29) is 41.1 Å². The summed E-state index contributed by atoms with van der Waals surface area (Å²) >= 11 is 1.04. The molecule has 0 spiro atoms. The number of hydrogen-bond donors (Lipinski definition) is 0. The predicted molar refractivity (Wildman–Crippen MR) is 123 cm³/mol. The molecule has 7 nitrogen and oxygen atoms in total. The second-order valence-corrected chi connectivity index (χ2v) is 7.91. The largest absolute Gasteiger partial charge is 0.493 e. The van der Waals surface area contributed by atoms with E-state index in [1.165, 1.54) is 32.3 Å². The van der Waals surface area contributed by atoms with Crippen LogP contribution in [-0.4, -0.2) is 64.3 Å². The summed E-state index contributed by atoms with van der Waals surface area (Å²) in [5.41, 5.74) is 0.299. The van der Waals surface area contributed by atoms with E-state index in [2.05, 4.69) is 4.98 Å². The maximum atomic E-state index is 14.2.